The second kappa shape index (κ2) is 8.99. The number of amides is 2. The van der Waals surface area contributed by atoms with Gasteiger partial charge in [0, 0.05) is 21.5 Å². The molecule has 5 nitrogen and oxygen atoms in total. The number of anilines is 1. The summed E-state index contributed by atoms with van der Waals surface area (Å²) in [6.45, 7) is 0. The highest BCUT2D eigenvalue weighted by Crippen LogP contribution is 2.37. The van der Waals surface area contributed by atoms with Gasteiger partial charge in [0.2, 0.25) is 5.91 Å². The Balaban J connectivity index is 1.84. The monoisotopic (exact) mass is 438 g/mol. The second-order valence-corrected chi connectivity index (χ2v) is 8.41. The van der Waals surface area contributed by atoms with Crippen molar-refractivity contribution in [2.75, 3.05) is 12.4 Å². The number of benzene rings is 1. The van der Waals surface area contributed by atoms with Crippen LogP contribution in [0.2, 0.25) is 10.0 Å². The number of rotatable bonds is 5. The van der Waals surface area contributed by atoms with Gasteiger partial charge in [0.05, 0.1) is 17.7 Å². The summed E-state index contributed by atoms with van der Waals surface area (Å²) in [5.74, 6) is -0.463. The van der Waals surface area contributed by atoms with Gasteiger partial charge >= 0.3 is 0 Å². The van der Waals surface area contributed by atoms with Gasteiger partial charge in [-0.15, -0.1) is 11.3 Å². The molecule has 3 rings (SSSR count). The van der Waals surface area contributed by atoms with Crippen molar-refractivity contribution in [1.29, 1.82) is 0 Å². The maximum absolute atomic E-state index is 12.5. The lowest BCUT2D eigenvalue weighted by Crippen LogP contribution is -2.17. The van der Waals surface area contributed by atoms with Gasteiger partial charge in [-0.25, -0.2) is 0 Å². The number of fused-ring (bicyclic) bond motifs is 1. The van der Waals surface area contributed by atoms with Crippen molar-refractivity contribution in [3.05, 3.63) is 49.8 Å². The Bertz CT molecular complexity index is 953. The van der Waals surface area contributed by atoms with E-state index >= 15 is 0 Å². The molecule has 1 aromatic heterocycles. The first-order chi connectivity index (χ1) is 13.4. The maximum atomic E-state index is 12.5. The molecule has 148 valence electrons. The van der Waals surface area contributed by atoms with Crippen LogP contribution in [0.15, 0.2) is 18.2 Å². The molecular weight excluding hydrogens is 419 g/mol. The minimum Gasteiger partial charge on any atom is -0.495 e. The van der Waals surface area contributed by atoms with Crippen LogP contribution in [0.25, 0.3) is 6.08 Å². The number of carbonyl (C=O) groups excluding carboxylic acids is 2. The Morgan fingerprint density at radius 3 is 2.68 bits per heavy atom. The van der Waals surface area contributed by atoms with E-state index in [1.165, 1.54) is 24.5 Å². The molecule has 28 heavy (non-hydrogen) atoms. The van der Waals surface area contributed by atoms with Gasteiger partial charge in [-0.1, -0.05) is 29.6 Å². The van der Waals surface area contributed by atoms with Gasteiger partial charge in [0.25, 0.3) is 5.91 Å². The number of halogens is 2. The summed E-state index contributed by atoms with van der Waals surface area (Å²) >= 11 is 13.6. The highest BCUT2D eigenvalue weighted by molar-refractivity contribution is 7.17. The zero-order chi connectivity index (χ0) is 20.3. The summed E-state index contributed by atoms with van der Waals surface area (Å²) in [6.07, 6.45) is 7.86. The number of nitrogens with one attached hydrogen (secondary N) is 1. The zero-order valence-corrected chi connectivity index (χ0v) is 17.6. The Hall–Kier alpha value is -2.02. The standard InChI is InChI=1S/C20H20Cl2N2O3S/c1-27-18-11(9-12(21)10-14(18)22)7-8-16(25)24-20-17(19(23)26)13-5-3-2-4-6-15(13)28-20/h7-10H,2-6H2,1H3,(H2,23,26)(H,24,25). The summed E-state index contributed by atoms with van der Waals surface area (Å²) in [7, 11) is 1.49. The molecule has 8 heteroatoms. The molecule has 3 N–H and O–H groups in total. The smallest absolute Gasteiger partial charge is 0.251 e. The fourth-order valence-corrected chi connectivity index (χ4v) is 5.21. The van der Waals surface area contributed by atoms with E-state index in [0.29, 0.717) is 31.9 Å². The molecular formula is C20H20Cl2N2O3S. The Kier molecular flexibility index (Phi) is 6.65. The molecule has 1 aromatic carbocycles. The number of hydrogen-bond donors (Lipinski definition) is 2. The number of ether oxygens (including phenoxy) is 1. The van der Waals surface area contributed by atoms with Crippen molar-refractivity contribution in [2.24, 2.45) is 5.73 Å². The van der Waals surface area contributed by atoms with Crippen LogP contribution in [0, 0.1) is 0 Å². The van der Waals surface area contributed by atoms with Crippen LogP contribution >= 0.6 is 34.5 Å². The van der Waals surface area contributed by atoms with E-state index in [9.17, 15) is 9.59 Å². The highest BCUT2D eigenvalue weighted by Gasteiger charge is 2.23. The van der Waals surface area contributed by atoms with E-state index in [2.05, 4.69) is 5.32 Å². The van der Waals surface area contributed by atoms with Crippen LogP contribution in [-0.2, 0) is 17.6 Å². The average molecular weight is 439 g/mol. The van der Waals surface area contributed by atoms with Crippen molar-refractivity contribution < 1.29 is 14.3 Å². The molecule has 0 saturated heterocycles. The maximum Gasteiger partial charge on any atom is 0.251 e. The van der Waals surface area contributed by atoms with Crippen molar-refractivity contribution in [3.8, 4) is 5.75 Å². The Labute approximate surface area is 177 Å². The summed E-state index contributed by atoms with van der Waals surface area (Å²) in [5, 5.41) is 4.09. The van der Waals surface area contributed by atoms with Crippen molar-refractivity contribution in [1.82, 2.24) is 0 Å². The molecule has 0 bridgehead atoms. The molecule has 0 unspecified atom stereocenters. The predicted molar refractivity (Wildman–Crippen MR) is 115 cm³/mol. The summed E-state index contributed by atoms with van der Waals surface area (Å²) in [5.41, 5.74) is 7.60. The summed E-state index contributed by atoms with van der Waals surface area (Å²) in [4.78, 5) is 25.6. The number of hydrogen-bond acceptors (Lipinski definition) is 4. The zero-order valence-electron chi connectivity index (χ0n) is 15.3. The average Bonchev–Trinajstić information content (AvgIpc) is 2.80. The molecule has 0 saturated carbocycles. The molecule has 0 aliphatic heterocycles. The van der Waals surface area contributed by atoms with Crippen molar-refractivity contribution in [3.63, 3.8) is 0 Å². The molecule has 0 fully saturated rings. The SMILES string of the molecule is COc1c(Cl)cc(Cl)cc1C=CC(=O)Nc1sc2c(c1C(N)=O)CCCCC2. The third kappa shape index (κ3) is 4.51. The van der Waals surface area contributed by atoms with Crippen LogP contribution in [0.4, 0.5) is 5.00 Å². The molecule has 1 heterocycles. The molecule has 0 radical (unpaired) electrons. The van der Waals surface area contributed by atoms with E-state index in [4.69, 9.17) is 33.7 Å². The van der Waals surface area contributed by atoms with Crippen molar-refractivity contribution in [2.45, 2.75) is 32.1 Å². The van der Waals surface area contributed by atoms with Crippen LogP contribution in [-0.4, -0.2) is 18.9 Å². The fraction of sp³-hybridized carbons (Fsp3) is 0.300. The summed E-state index contributed by atoms with van der Waals surface area (Å²) < 4.78 is 5.27. The molecule has 1 aliphatic carbocycles. The van der Waals surface area contributed by atoms with E-state index < -0.39 is 5.91 Å². The lowest BCUT2D eigenvalue weighted by Gasteiger charge is -2.08. The van der Waals surface area contributed by atoms with Crippen LogP contribution in [0.1, 0.15) is 45.6 Å². The lowest BCUT2D eigenvalue weighted by molar-refractivity contribution is -0.111. The number of aryl methyl sites for hydroxylation is 1. The van der Waals surface area contributed by atoms with Gasteiger partial charge in [-0.05, 0) is 49.5 Å². The normalized spacial score (nSPS) is 13.8. The van der Waals surface area contributed by atoms with Gasteiger partial charge in [0.1, 0.15) is 10.8 Å². The first-order valence-electron chi connectivity index (χ1n) is 8.87. The summed E-state index contributed by atoms with van der Waals surface area (Å²) in [6, 6.07) is 3.22. The van der Waals surface area contributed by atoms with Crippen molar-refractivity contribution >= 4 is 57.4 Å². The third-order valence-electron chi connectivity index (χ3n) is 4.56. The minimum atomic E-state index is -0.512. The van der Waals surface area contributed by atoms with Crippen LogP contribution < -0.4 is 15.8 Å². The first-order valence-corrected chi connectivity index (χ1v) is 10.4. The predicted octanol–water partition coefficient (Wildman–Crippen LogP) is 5.08. The van der Waals surface area contributed by atoms with Gasteiger partial charge in [-0.3, -0.25) is 9.59 Å². The topological polar surface area (TPSA) is 81.4 Å². The fourth-order valence-electron chi connectivity index (χ4n) is 3.33. The number of methoxy groups -OCH3 is 1. The highest BCUT2D eigenvalue weighted by atomic mass is 35.5. The molecule has 0 atom stereocenters. The van der Waals surface area contributed by atoms with E-state index in [1.54, 1.807) is 18.2 Å². The minimum absolute atomic E-state index is 0.355. The number of nitrogens with two attached hydrogens (primary N) is 1. The molecule has 2 aromatic rings. The van der Waals surface area contributed by atoms with E-state index in [0.717, 1.165) is 42.5 Å². The second-order valence-electron chi connectivity index (χ2n) is 6.47. The number of thiophene rings is 1. The number of carbonyl (C=O) groups is 2. The lowest BCUT2D eigenvalue weighted by atomic mass is 10.1. The molecule has 1 aliphatic rings. The largest absolute Gasteiger partial charge is 0.495 e. The van der Waals surface area contributed by atoms with Crippen LogP contribution in [0.3, 0.4) is 0 Å². The Morgan fingerprint density at radius 1 is 1.21 bits per heavy atom. The van der Waals surface area contributed by atoms with Gasteiger partial charge < -0.3 is 15.8 Å². The van der Waals surface area contributed by atoms with Gasteiger partial charge in [0.15, 0.2) is 0 Å². The van der Waals surface area contributed by atoms with Gasteiger partial charge in [-0.2, -0.15) is 0 Å². The van der Waals surface area contributed by atoms with E-state index in [-0.39, 0.29) is 5.91 Å². The molecule has 0 spiro atoms. The molecule has 2 amide bonds. The van der Waals surface area contributed by atoms with Crippen LogP contribution in [0.5, 0.6) is 5.75 Å². The van der Waals surface area contributed by atoms with E-state index in [1.807, 2.05) is 0 Å². The number of primary amides is 1. The first kappa shape index (κ1) is 20.7. The quantitative estimate of drug-likeness (QED) is 0.503. The third-order valence-corrected chi connectivity index (χ3v) is 6.27. The Morgan fingerprint density at radius 2 is 1.96 bits per heavy atom.